The number of benzene rings is 1. The Morgan fingerprint density at radius 2 is 1.96 bits per heavy atom. The topological polar surface area (TPSA) is 76.1 Å². The predicted molar refractivity (Wildman–Crippen MR) is 94.3 cm³/mol. The van der Waals surface area contributed by atoms with Crippen LogP contribution in [-0.2, 0) is 14.3 Å². The highest BCUT2D eigenvalue weighted by Crippen LogP contribution is 2.26. The zero-order chi connectivity index (χ0) is 18.4. The van der Waals surface area contributed by atoms with E-state index in [1.54, 1.807) is 18.2 Å². The Bertz CT molecular complexity index is 645. The second-order valence-corrected chi connectivity index (χ2v) is 6.30. The molecule has 1 heterocycles. The summed E-state index contributed by atoms with van der Waals surface area (Å²) < 4.78 is 10.1. The number of ether oxygens (including phenoxy) is 2. The molecule has 0 spiro atoms. The normalized spacial score (nSPS) is 20.5. The first-order valence-electron chi connectivity index (χ1n) is 8.45. The third kappa shape index (κ3) is 4.98. The van der Waals surface area contributed by atoms with Crippen molar-refractivity contribution in [1.29, 1.82) is 0 Å². The van der Waals surface area contributed by atoms with Gasteiger partial charge in [-0.3, -0.25) is 4.79 Å². The van der Waals surface area contributed by atoms with E-state index < -0.39 is 5.97 Å². The molecular weight excluding hydrogens is 322 g/mol. The molecule has 136 valence electrons. The smallest absolute Gasteiger partial charge is 0.331 e. The summed E-state index contributed by atoms with van der Waals surface area (Å²) in [4.78, 5) is 25.9. The van der Waals surface area contributed by atoms with Crippen molar-refractivity contribution in [3.05, 3.63) is 29.8 Å². The zero-order valence-corrected chi connectivity index (χ0v) is 14.9. The van der Waals surface area contributed by atoms with Crippen molar-refractivity contribution in [2.45, 2.75) is 45.2 Å². The summed E-state index contributed by atoms with van der Waals surface area (Å²) in [5.41, 5.74) is 0.677. The first kappa shape index (κ1) is 18.8. The maximum Gasteiger partial charge on any atom is 0.331 e. The molecule has 1 aromatic rings. The zero-order valence-electron chi connectivity index (χ0n) is 14.9. The number of nitrogens with zero attached hydrogens (tertiary/aromatic N) is 1. The minimum Gasteiger partial charge on any atom is -0.504 e. The second kappa shape index (κ2) is 8.55. The fraction of sp³-hybridized carbons (Fsp3) is 0.474. The second-order valence-electron chi connectivity index (χ2n) is 6.30. The monoisotopic (exact) mass is 347 g/mol. The molecule has 0 bridgehead atoms. The Kier molecular flexibility index (Phi) is 6.44. The summed E-state index contributed by atoms with van der Waals surface area (Å²) in [6, 6.07) is 5.07. The van der Waals surface area contributed by atoms with Crippen LogP contribution in [0.3, 0.4) is 0 Å². The van der Waals surface area contributed by atoms with Crippen molar-refractivity contribution in [3.63, 3.8) is 0 Å². The van der Waals surface area contributed by atoms with Gasteiger partial charge in [-0.25, -0.2) is 4.79 Å². The Balaban J connectivity index is 1.88. The fourth-order valence-electron chi connectivity index (χ4n) is 3.13. The predicted octanol–water partition coefficient (Wildman–Crippen LogP) is 2.75. The largest absolute Gasteiger partial charge is 0.504 e. The molecule has 0 saturated carbocycles. The van der Waals surface area contributed by atoms with Crippen molar-refractivity contribution in [2.24, 2.45) is 0 Å². The highest BCUT2D eigenvalue weighted by molar-refractivity contribution is 5.89. The lowest BCUT2D eigenvalue weighted by molar-refractivity contribution is -0.151. The van der Waals surface area contributed by atoms with E-state index in [1.807, 2.05) is 18.7 Å². The summed E-state index contributed by atoms with van der Waals surface area (Å²) in [6.07, 6.45) is 5.87. The summed E-state index contributed by atoms with van der Waals surface area (Å²) in [5, 5.41) is 9.54. The number of phenolic OH excluding ortho intramolecular Hbond substituents is 1. The SMILES string of the molecule is COc1cc(/C=C/C(=O)OCC(=O)N2[C@@H](C)CCC[C@@H]2C)ccc1O. The van der Waals surface area contributed by atoms with Crippen LogP contribution in [0.1, 0.15) is 38.7 Å². The van der Waals surface area contributed by atoms with Crippen molar-refractivity contribution in [2.75, 3.05) is 13.7 Å². The Hall–Kier alpha value is -2.50. The van der Waals surface area contributed by atoms with E-state index in [2.05, 4.69) is 0 Å². The van der Waals surface area contributed by atoms with Crippen LogP contribution in [0.4, 0.5) is 0 Å². The fourth-order valence-corrected chi connectivity index (χ4v) is 3.13. The summed E-state index contributed by atoms with van der Waals surface area (Å²) in [6.45, 7) is 3.79. The molecule has 0 radical (unpaired) electrons. The van der Waals surface area contributed by atoms with Gasteiger partial charge in [0, 0.05) is 18.2 Å². The molecule has 0 aliphatic carbocycles. The number of likely N-dealkylation sites (tertiary alicyclic amines) is 1. The van der Waals surface area contributed by atoms with Crippen molar-refractivity contribution in [3.8, 4) is 11.5 Å². The average Bonchev–Trinajstić information content (AvgIpc) is 2.59. The average molecular weight is 347 g/mol. The van der Waals surface area contributed by atoms with Crippen LogP contribution in [0.5, 0.6) is 11.5 Å². The Morgan fingerprint density at radius 3 is 2.60 bits per heavy atom. The quantitative estimate of drug-likeness (QED) is 0.655. The molecule has 1 aliphatic rings. The number of esters is 1. The number of hydrogen-bond donors (Lipinski definition) is 1. The van der Waals surface area contributed by atoms with Gasteiger partial charge >= 0.3 is 5.97 Å². The first-order valence-corrected chi connectivity index (χ1v) is 8.45. The third-order valence-corrected chi connectivity index (χ3v) is 4.44. The van der Waals surface area contributed by atoms with E-state index in [0.29, 0.717) is 11.3 Å². The van der Waals surface area contributed by atoms with Gasteiger partial charge in [0.25, 0.3) is 5.91 Å². The van der Waals surface area contributed by atoms with Gasteiger partial charge in [0.15, 0.2) is 18.1 Å². The Labute approximate surface area is 148 Å². The van der Waals surface area contributed by atoms with Crippen LogP contribution in [0.2, 0.25) is 0 Å². The molecule has 1 amide bonds. The number of carbonyl (C=O) groups excluding carboxylic acids is 2. The number of amides is 1. The minimum absolute atomic E-state index is 0.0256. The molecule has 0 aromatic heterocycles. The van der Waals surface area contributed by atoms with Gasteiger partial charge in [-0.15, -0.1) is 0 Å². The number of hydrogen-bond acceptors (Lipinski definition) is 5. The van der Waals surface area contributed by atoms with E-state index in [1.165, 1.54) is 19.3 Å². The number of phenols is 1. The van der Waals surface area contributed by atoms with Crippen molar-refractivity contribution >= 4 is 18.0 Å². The van der Waals surface area contributed by atoms with Crippen molar-refractivity contribution in [1.82, 2.24) is 4.90 Å². The van der Waals surface area contributed by atoms with Crippen LogP contribution in [0, 0.1) is 0 Å². The van der Waals surface area contributed by atoms with Gasteiger partial charge in [-0.1, -0.05) is 6.07 Å². The van der Waals surface area contributed by atoms with Gasteiger partial charge in [0.1, 0.15) is 0 Å². The third-order valence-electron chi connectivity index (χ3n) is 4.44. The molecule has 1 N–H and O–H groups in total. The van der Waals surface area contributed by atoms with E-state index in [9.17, 15) is 14.7 Å². The summed E-state index contributed by atoms with van der Waals surface area (Å²) >= 11 is 0. The summed E-state index contributed by atoms with van der Waals surface area (Å²) in [5.74, 6) is -0.401. The molecule has 25 heavy (non-hydrogen) atoms. The van der Waals surface area contributed by atoms with E-state index >= 15 is 0 Å². The first-order chi connectivity index (χ1) is 11.9. The molecule has 2 rings (SSSR count). The molecule has 1 aromatic carbocycles. The molecule has 1 aliphatic heterocycles. The summed E-state index contributed by atoms with van der Waals surface area (Å²) in [7, 11) is 1.45. The van der Waals surface area contributed by atoms with Crippen LogP contribution in [0.15, 0.2) is 24.3 Å². The van der Waals surface area contributed by atoms with E-state index in [-0.39, 0.29) is 30.3 Å². The molecule has 2 atom stereocenters. The number of aromatic hydroxyl groups is 1. The van der Waals surface area contributed by atoms with Gasteiger partial charge in [0.05, 0.1) is 7.11 Å². The maximum absolute atomic E-state index is 12.3. The number of carbonyl (C=O) groups is 2. The lowest BCUT2D eigenvalue weighted by Gasteiger charge is -2.38. The lowest BCUT2D eigenvalue weighted by atomic mass is 9.97. The minimum atomic E-state index is -0.585. The van der Waals surface area contributed by atoms with E-state index in [0.717, 1.165) is 19.3 Å². The highest BCUT2D eigenvalue weighted by Gasteiger charge is 2.29. The molecular formula is C19H25NO5. The number of rotatable bonds is 5. The highest BCUT2D eigenvalue weighted by atomic mass is 16.5. The molecule has 1 saturated heterocycles. The number of piperidine rings is 1. The maximum atomic E-state index is 12.3. The lowest BCUT2D eigenvalue weighted by Crippen LogP contribution is -2.49. The van der Waals surface area contributed by atoms with Crippen LogP contribution in [0.25, 0.3) is 6.08 Å². The molecule has 1 fully saturated rings. The van der Waals surface area contributed by atoms with Crippen LogP contribution >= 0.6 is 0 Å². The molecule has 0 unspecified atom stereocenters. The standard InChI is InChI=1S/C19H25NO5/c1-13-5-4-6-14(2)20(13)18(22)12-25-19(23)10-8-15-7-9-16(21)17(11-15)24-3/h7-11,13-14,21H,4-6,12H2,1-3H3/b10-8+/t13-,14-/m0/s1. The van der Waals surface area contributed by atoms with E-state index in [4.69, 9.17) is 9.47 Å². The van der Waals surface area contributed by atoms with Crippen molar-refractivity contribution < 1.29 is 24.2 Å². The van der Waals surface area contributed by atoms with Gasteiger partial charge in [-0.2, -0.15) is 0 Å². The van der Waals surface area contributed by atoms with Crippen LogP contribution in [-0.4, -0.2) is 47.7 Å². The number of methoxy groups -OCH3 is 1. The Morgan fingerprint density at radius 1 is 1.28 bits per heavy atom. The van der Waals surface area contributed by atoms with Gasteiger partial charge in [-0.05, 0) is 56.9 Å². The molecule has 6 heteroatoms. The molecule has 6 nitrogen and oxygen atoms in total. The van der Waals surface area contributed by atoms with Crippen LogP contribution < -0.4 is 4.74 Å². The van der Waals surface area contributed by atoms with Gasteiger partial charge < -0.3 is 19.5 Å². The van der Waals surface area contributed by atoms with Gasteiger partial charge in [0.2, 0.25) is 0 Å².